The molecule has 0 saturated heterocycles. The third kappa shape index (κ3) is 3.82. The molecule has 0 saturated carbocycles. The Hall–Kier alpha value is -0.350. The zero-order valence-electron chi connectivity index (χ0n) is 9.59. The van der Waals surface area contributed by atoms with Gasteiger partial charge in [0, 0.05) is 26.0 Å². The van der Waals surface area contributed by atoms with E-state index in [4.69, 9.17) is 23.2 Å². The lowest BCUT2D eigenvalue weighted by Crippen LogP contribution is -2.04. The van der Waals surface area contributed by atoms with Crippen LogP contribution < -0.4 is 0 Å². The van der Waals surface area contributed by atoms with E-state index in [0.29, 0.717) is 15.6 Å². The maximum atomic E-state index is 12.2. The zero-order valence-corrected chi connectivity index (χ0v) is 14.3. The fourth-order valence-electron chi connectivity index (χ4n) is 1.65. The van der Waals surface area contributed by atoms with Gasteiger partial charge in [-0.3, -0.25) is 4.79 Å². The Morgan fingerprint density at radius 2 is 1.53 bits per heavy atom. The van der Waals surface area contributed by atoms with Gasteiger partial charge < -0.3 is 0 Å². The van der Waals surface area contributed by atoms with Crippen molar-refractivity contribution < 1.29 is 4.79 Å². The van der Waals surface area contributed by atoms with Crippen LogP contribution in [-0.2, 0) is 6.42 Å². The molecular formula is C14H8Br2Cl2O. The summed E-state index contributed by atoms with van der Waals surface area (Å²) < 4.78 is 1.73. The zero-order chi connectivity index (χ0) is 14.0. The molecule has 98 valence electrons. The molecule has 0 radical (unpaired) electrons. The van der Waals surface area contributed by atoms with Crippen molar-refractivity contribution in [3.05, 3.63) is 66.5 Å². The molecule has 19 heavy (non-hydrogen) atoms. The second-order valence-corrected chi connectivity index (χ2v) is 6.61. The predicted octanol–water partition coefficient (Wildman–Crippen LogP) is 5.94. The summed E-state index contributed by atoms with van der Waals surface area (Å²) in [5.74, 6) is -0.0540. The minimum Gasteiger partial charge on any atom is -0.294 e. The van der Waals surface area contributed by atoms with E-state index >= 15 is 0 Å². The molecule has 0 amide bonds. The van der Waals surface area contributed by atoms with Crippen LogP contribution in [0.15, 0.2) is 45.3 Å². The number of carbonyl (C=O) groups excluding carboxylic acids is 1. The topological polar surface area (TPSA) is 17.1 Å². The van der Waals surface area contributed by atoms with Crippen LogP contribution in [0, 0.1) is 0 Å². The van der Waals surface area contributed by atoms with Gasteiger partial charge in [-0.25, -0.2) is 0 Å². The van der Waals surface area contributed by atoms with Crippen molar-refractivity contribution in [2.45, 2.75) is 6.42 Å². The smallest absolute Gasteiger partial charge is 0.168 e. The van der Waals surface area contributed by atoms with Crippen molar-refractivity contribution in [2.75, 3.05) is 0 Å². The second kappa shape index (κ2) is 6.40. The van der Waals surface area contributed by atoms with E-state index in [1.54, 1.807) is 24.3 Å². The number of hydrogen-bond acceptors (Lipinski definition) is 1. The van der Waals surface area contributed by atoms with E-state index in [1.165, 1.54) is 0 Å². The fraction of sp³-hybridized carbons (Fsp3) is 0.0714. The molecule has 0 bridgehead atoms. The minimum absolute atomic E-state index is 0.0540. The van der Waals surface area contributed by atoms with Gasteiger partial charge in [-0.2, -0.15) is 0 Å². The van der Waals surface area contributed by atoms with Gasteiger partial charge in [0.1, 0.15) is 0 Å². The third-order valence-corrected chi connectivity index (χ3v) is 4.25. The second-order valence-electron chi connectivity index (χ2n) is 3.96. The van der Waals surface area contributed by atoms with Crippen LogP contribution in [-0.4, -0.2) is 5.78 Å². The third-order valence-electron chi connectivity index (χ3n) is 2.60. The van der Waals surface area contributed by atoms with Gasteiger partial charge in [0.05, 0.1) is 5.02 Å². The Kier molecular flexibility index (Phi) is 5.07. The first-order chi connectivity index (χ1) is 8.97. The molecule has 0 aromatic heterocycles. The van der Waals surface area contributed by atoms with Crippen LogP contribution in [0.3, 0.4) is 0 Å². The van der Waals surface area contributed by atoms with Gasteiger partial charge in [-0.1, -0.05) is 61.1 Å². The summed E-state index contributed by atoms with van der Waals surface area (Å²) in [6.07, 6.45) is 0.230. The van der Waals surface area contributed by atoms with E-state index < -0.39 is 0 Å². The van der Waals surface area contributed by atoms with Gasteiger partial charge in [0.15, 0.2) is 5.78 Å². The lowest BCUT2D eigenvalue weighted by molar-refractivity contribution is 0.0993. The summed E-state index contributed by atoms with van der Waals surface area (Å²) in [7, 11) is 0. The highest BCUT2D eigenvalue weighted by Gasteiger charge is 2.13. The number of hydrogen-bond donors (Lipinski definition) is 0. The van der Waals surface area contributed by atoms with E-state index in [1.807, 2.05) is 12.1 Å². The maximum absolute atomic E-state index is 12.2. The van der Waals surface area contributed by atoms with E-state index in [9.17, 15) is 4.79 Å². The molecule has 0 atom stereocenters. The molecular weight excluding hydrogens is 415 g/mol. The summed E-state index contributed by atoms with van der Waals surface area (Å²) in [4.78, 5) is 12.2. The van der Waals surface area contributed by atoms with Crippen LogP contribution in [0.4, 0.5) is 0 Å². The van der Waals surface area contributed by atoms with E-state index in [0.717, 1.165) is 14.5 Å². The summed E-state index contributed by atoms with van der Waals surface area (Å²) in [6, 6.07) is 10.7. The molecule has 0 N–H and O–H groups in total. The Labute approximate surface area is 138 Å². The SMILES string of the molecule is O=C(Cc1ccc(Br)cc1Cl)c1ccc(Br)cc1Cl. The molecule has 0 aliphatic rings. The quantitative estimate of drug-likeness (QED) is 0.559. The summed E-state index contributed by atoms with van der Waals surface area (Å²) >= 11 is 18.8. The molecule has 0 aliphatic carbocycles. The van der Waals surface area contributed by atoms with Crippen LogP contribution in [0.2, 0.25) is 10.0 Å². The number of Topliss-reactive ketones (excluding diaryl/α,β-unsaturated/α-hetero) is 1. The van der Waals surface area contributed by atoms with Crippen LogP contribution >= 0.6 is 55.1 Å². The molecule has 2 aromatic rings. The monoisotopic (exact) mass is 420 g/mol. The highest BCUT2D eigenvalue weighted by Crippen LogP contribution is 2.26. The normalized spacial score (nSPS) is 10.5. The molecule has 0 heterocycles. The Morgan fingerprint density at radius 1 is 0.947 bits per heavy atom. The number of rotatable bonds is 3. The van der Waals surface area contributed by atoms with Gasteiger partial charge in [-0.05, 0) is 35.9 Å². The van der Waals surface area contributed by atoms with Crippen molar-refractivity contribution >= 4 is 60.8 Å². The molecule has 0 aliphatic heterocycles. The average molecular weight is 423 g/mol. The van der Waals surface area contributed by atoms with Crippen LogP contribution in [0.25, 0.3) is 0 Å². The van der Waals surface area contributed by atoms with Crippen molar-refractivity contribution in [3.8, 4) is 0 Å². The predicted molar refractivity (Wildman–Crippen MR) is 86.3 cm³/mol. The van der Waals surface area contributed by atoms with Crippen molar-refractivity contribution in [1.82, 2.24) is 0 Å². The lowest BCUT2D eigenvalue weighted by atomic mass is 10.0. The average Bonchev–Trinajstić information content (AvgIpc) is 2.32. The standard InChI is InChI=1S/C14H8Br2Cl2O/c15-9-2-1-8(12(17)6-9)5-14(19)11-4-3-10(16)7-13(11)18/h1-4,6-7H,5H2. The summed E-state index contributed by atoms with van der Waals surface area (Å²) in [5, 5.41) is 1.00. The van der Waals surface area contributed by atoms with Crippen molar-refractivity contribution in [2.24, 2.45) is 0 Å². The van der Waals surface area contributed by atoms with Gasteiger partial charge in [0.2, 0.25) is 0 Å². The largest absolute Gasteiger partial charge is 0.294 e. The number of ketones is 1. The molecule has 2 aromatic carbocycles. The molecule has 1 nitrogen and oxygen atoms in total. The Balaban J connectivity index is 2.25. The Bertz CT molecular complexity index is 641. The first-order valence-corrected chi connectivity index (χ1v) is 7.74. The van der Waals surface area contributed by atoms with Crippen molar-refractivity contribution in [3.63, 3.8) is 0 Å². The molecule has 0 fully saturated rings. The molecule has 0 unspecified atom stereocenters. The van der Waals surface area contributed by atoms with E-state index in [-0.39, 0.29) is 12.2 Å². The van der Waals surface area contributed by atoms with E-state index in [2.05, 4.69) is 31.9 Å². The summed E-state index contributed by atoms with van der Waals surface area (Å²) in [5.41, 5.74) is 1.29. The van der Waals surface area contributed by atoms with Crippen LogP contribution in [0.5, 0.6) is 0 Å². The molecule has 2 rings (SSSR count). The van der Waals surface area contributed by atoms with Gasteiger partial charge >= 0.3 is 0 Å². The Morgan fingerprint density at radius 3 is 2.11 bits per heavy atom. The fourth-order valence-corrected chi connectivity index (χ4v) is 3.17. The molecule has 5 heteroatoms. The number of halogens is 4. The highest BCUT2D eigenvalue weighted by molar-refractivity contribution is 9.10. The first kappa shape index (κ1) is 15.0. The lowest BCUT2D eigenvalue weighted by Gasteiger charge is -2.06. The van der Waals surface area contributed by atoms with Gasteiger partial charge in [0.25, 0.3) is 0 Å². The van der Waals surface area contributed by atoms with Crippen LogP contribution in [0.1, 0.15) is 15.9 Å². The molecule has 0 spiro atoms. The van der Waals surface area contributed by atoms with Gasteiger partial charge in [-0.15, -0.1) is 0 Å². The highest BCUT2D eigenvalue weighted by atomic mass is 79.9. The number of carbonyl (C=O) groups is 1. The maximum Gasteiger partial charge on any atom is 0.168 e. The number of benzene rings is 2. The first-order valence-electron chi connectivity index (χ1n) is 5.39. The summed E-state index contributed by atoms with van der Waals surface area (Å²) in [6.45, 7) is 0. The minimum atomic E-state index is -0.0540. The van der Waals surface area contributed by atoms with Crippen molar-refractivity contribution in [1.29, 1.82) is 0 Å².